The molecular formula is C13H17N3O2. The number of piperidine rings is 1. The number of nitro benzene ring substituents is 1. The molecule has 1 aromatic rings. The summed E-state index contributed by atoms with van der Waals surface area (Å²) in [5.41, 5.74) is 2.53. The van der Waals surface area contributed by atoms with E-state index >= 15 is 0 Å². The molecule has 0 atom stereocenters. The van der Waals surface area contributed by atoms with E-state index in [0.29, 0.717) is 6.04 Å². The zero-order valence-electron chi connectivity index (χ0n) is 10.3. The third-order valence-electron chi connectivity index (χ3n) is 3.96. The first-order chi connectivity index (χ1) is 8.75. The Bertz CT molecular complexity index is 469. The van der Waals surface area contributed by atoms with E-state index in [4.69, 9.17) is 0 Å². The lowest BCUT2D eigenvalue weighted by atomic mass is 10.0. The zero-order chi connectivity index (χ0) is 12.5. The van der Waals surface area contributed by atoms with Crippen LogP contribution in [0.4, 0.5) is 11.4 Å². The molecule has 2 aliphatic heterocycles. The fourth-order valence-corrected chi connectivity index (χ4v) is 3.00. The SMILES string of the molecule is O=[N+]([O-])c1ccc2c(c1)N(C1CCNCC1)CC2. The lowest BCUT2D eigenvalue weighted by molar-refractivity contribution is -0.384. The number of hydrogen-bond acceptors (Lipinski definition) is 4. The summed E-state index contributed by atoms with van der Waals surface area (Å²) in [5.74, 6) is 0. The van der Waals surface area contributed by atoms with Crippen LogP contribution < -0.4 is 10.2 Å². The average Bonchev–Trinajstić information content (AvgIpc) is 2.82. The molecule has 18 heavy (non-hydrogen) atoms. The molecule has 0 aliphatic carbocycles. The highest BCUT2D eigenvalue weighted by atomic mass is 16.6. The van der Waals surface area contributed by atoms with Crippen LogP contribution >= 0.6 is 0 Å². The average molecular weight is 247 g/mol. The second-order valence-electron chi connectivity index (χ2n) is 4.99. The normalized spacial score (nSPS) is 19.9. The number of nitrogens with zero attached hydrogens (tertiary/aromatic N) is 2. The van der Waals surface area contributed by atoms with Crippen LogP contribution in [-0.4, -0.2) is 30.6 Å². The molecule has 1 aromatic carbocycles. The van der Waals surface area contributed by atoms with Crippen molar-refractivity contribution in [1.82, 2.24) is 5.32 Å². The smallest absolute Gasteiger partial charge is 0.271 e. The molecule has 96 valence electrons. The van der Waals surface area contributed by atoms with Crippen LogP contribution in [0.5, 0.6) is 0 Å². The number of hydrogen-bond donors (Lipinski definition) is 1. The summed E-state index contributed by atoms with van der Waals surface area (Å²) in [5, 5.41) is 14.2. The maximum Gasteiger partial charge on any atom is 0.271 e. The van der Waals surface area contributed by atoms with Crippen molar-refractivity contribution in [3.05, 3.63) is 33.9 Å². The minimum absolute atomic E-state index is 0.203. The molecule has 1 N–H and O–H groups in total. The standard InChI is InChI=1S/C13H17N3O2/c17-16(18)12-2-1-10-5-8-15(13(10)9-12)11-3-6-14-7-4-11/h1-2,9,11,14H,3-8H2. The largest absolute Gasteiger partial charge is 0.368 e. The van der Waals surface area contributed by atoms with E-state index in [2.05, 4.69) is 10.2 Å². The Morgan fingerprint density at radius 2 is 2.11 bits per heavy atom. The van der Waals surface area contributed by atoms with Crippen LogP contribution in [0.3, 0.4) is 0 Å². The van der Waals surface area contributed by atoms with Crippen LogP contribution in [0, 0.1) is 10.1 Å². The van der Waals surface area contributed by atoms with Gasteiger partial charge in [0, 0.05) is 30.4 Å². The van der Waals surface area contributed by atoms with Crippen molar-refractivity contribution in [2.75, 3.05) is 24.5 Å². The Labute approximate surface area is 106 Å². The van der Waals surface area contributed by atoms with Gasteiger partial charge in [0.05, 0.1) is 4.92 Å². The molecule has 3 rings (SSSR count). The van der Waals surface area contributed by atoms with E-state index in [0.717, 1.165) is 44.6 Å². The fourth-order valence-electron chi connectivity index (χ4n) is 3.00. The number of non-ortho nitro benzene ring substituents is 1. The van der Waals surface area contributed by atoms with E-state index in [1.807, 2.05) is 6.07 Å². The number of benzene rings is 1. The summed E-state index contributed by atoms with van der Waals surface area (Å²) in [6.07, 6.45) is 3.27. The minimum atomic E-state index is -0.306. The maximum absolute atomic E-state index is 10.9. The number of fused-ring (bicyclic) bond motifs is 1. The number of nitrogens with one attached hydrogen (secondary N) is 1. The van der Waals surface area contributed by atoms with Crippen LogP contribution in [0.1, 0.15) is 18.4 Å². The zero-order valence-corrected chi connectivity index (χ0v) is 10.3. The predicted molar refractivity (Wildman–Crippen MR) is 70.0 cm³/mol. The van der Waals surface area contributed by atoms with Crippen molar-refractivity contribution in [1.29, 1.82) is 0 Å². The first-order valence-electron chi connectivity index (χ1n) is 6.50. The Balaban J connectivity index is 1.89. The van der Waals surface area contributed by atoms with Gasteiger partial charge in [-0.05, 0) is 37.9 Å². The van der Waals surface area contributed by atoms with E-state index in [1.54, 1.807) is 12.1 Å². The van der Waals surface area contributed by atoms with Crippen molar-refractivity contribution in [3.63, 3.8) is 0 Å². The Kier molecular flexibility index (Phi) is 2.91. The van der Waals surface area contributed by atoms with Gasteiger partial charge in [-0.1, -0.05) is 6.07 Å². The summed E-state index contributed by atoms with van der Waals surface area (Å²) in [6.45, 7) is 3.10. The van der Waals surface area contributed by atoms with Crippen LogP contribution in [0.15, 0.2) is 18.2 Å². The molecule has 2 aliphatic rings. The summed E-state index contributed by atoms with van der Waals surface area (Å²) < 4.78 is 0. The highest BCUT2D eigenvalue weighted by Crippen LogP contribution is 2.34. The molecule has 2 heterocycles. The van der Waals surface area contributed by atoms with E-state index in [9.17, 15) is 10.1 Å². The van der Waals surface area contributed by atoms with Gasteiger partial charge in [-0.25, -0.2) is 0 Å². The number of nitro groups is 1. The van der Waals surface area contributed by atoms with Gasteiger partial charge in [-0.2, -0.15) is 0 Å². The molecule has 5 nitrogen and oxygen atoms in total. The third-order valence-corrected chi connectivity index (χ3v) is 3.96. The van der Waals surface area contributed by atoms with Crippen molar-refractivity contribution in [2.24, 2.45) is 0 Å². The van der Waals surface area contributed by atoms with Crippen molar-refractivity contribution >= 4 is 11.4 Å². The molecule has 0 spiro atoms. The summed E-state index contributed by atoms with van der Waals surface area (Å²) in [4.78, 5) is 12.9. The molecule has 1 fully saturated rings. The van der Waals surface area contributed by atoms with Crippen LogP contribution in [0.25, 0.3) is 0 Å². The van der Waals surface area contributed by atoms with Crippen molar-refractivity contribution in [2.45, 2.75) is 25.3 Å². The second kappa shape index (κ2) is 4.57. The van der Waals surface area contributed by atoms with Gasteiger partial charge >= 0.3 is 0 Å². The van der Waals surface area contributed by atoms with Crippen molar-refractivity contribution in [3.8, 4) is 0 Å². The van der Waals surface area contributed by atoms with Gasteiger partial charge in [-0.3, -0.25) is 10.1 Å². The van der Waals surface area contributed by atoms with Crippen molar-refractivity contribution < 1.29 is 4.92 Å². The van der Waals surface area contributed by atoms with Gasteiger partial charge in [0.1, 0.15) is 0 Å². The highest BCUT2D eigenvalue weighted by molar-refractivity contribution is 5.63. The summed E-state index contributed by atoms with van der Waals surface area (Å²) >= 11 is 0. The first kappa shape index (κ1) is 11.5. The molecule has 5 heteroatoms. The predicted octanol–water partition coefficient (Wildman–Crippen LogP) is 1.71. The molecule has 0 bridgehead atoms. The fraction of sp³-hybridized carbons (Fsp3) is 0.538. The van der Waals surface area contributed by atoms with Gasteiger partial charge in [-0.15, -0.1) is 0 Å². The van der Waals surface area contributed by atoms with Gasteiger partial charge in [0.15, 0.2) is 0 Å². The monoisotopic (exact) mass is 247 g/mol. The van der Waals surface area contributed by atoms with Gasteiger partial charge < -0.3 is 10.2 Å². The van der Waals surface area contributed by atoms with Gasteiger partial charge in [0.2, 0.25) is 0 Å². The highest BCUT2D eigenvalue weighted by Gasteiger charge is 2.28. The number of rotatable bonds is 2. The Morgan fingerprint density at radius 1 is 1.33 bits per heavy atom. The molecular weight excluding hydrogens is 230 g/mol. The topological polar surface area (TPSA) is 58.4 Å². The summed E-state index contributed by atoms with van der Waals surface area (Å²) in [7, 11) is 0. The lowest BCUT2D eigenvalue weighted by Gasteiger charge is -2.33. The van der Waals surface area contributed by atoms with E-state index < -0.39 is 0 Å². The van der Waals surface area contributed by atoms with Crippen LogP contribution in [-0.2, 0) is 6.42 Å². The molecule has 0 aromatic heterocycles. The molecule has 0 saturated carbocycles. The van der Waals surface area contributed by atoms with E-state index in [1.165, 1.54) is 5.56 Å². The van der Waals surface area contributed by atoms with E-state index in [-0.39, 0.29) is 10.6 Å². The molecule has 0 unspecified atom stereocenters. The second-order valence-corrected chi connectivity index (χ2v) is 4.99. The molecule has 1 saturated heterocycles. The maximum atomic E-state index is 10.9. The number of anilines is 1. The van der Waals surface area contributed by atoms with Gasteiger partial charge in [0.25, 0.3) is 5.69 Å². The first-order valence-corrected chi connectivity index (χ1v) is 6.50. The minimum Gasteiger partial charge on any atom is -0.368 e. The Hall–Kier alpha value is -1.62. The molecule has 0 radical (unpaired) electrons. The quantitative estimate of drug-likeness (QED) is 0.638. The summed E-state index contributed by atoms with van der Waals surface area (Å²) in [6, 6.07) is 5.80. The molecule has 0 amide bonds. The third kappa shape index (κ3) is 1.95. The van der Waals surface area contributed by atoms with Crippen LogP contribution in [0.2, 0.25) is 0 Å². The Morgan fingerprint density at radius 3 is 2.83 bits per heavy atom. The lowest BCUT2D eigenvalue weighted by Crippen LogP contribution is -2.42.